The number of rotatable bonds is 9. The van der Waals surface area contributed by atoms with Crippen molar-refractivity contribution in [3.8, 4) is 11.1 Å². The van der Waals surface area contributed by atoms with Crippen LogP contribution in [0.2, 0.25) is 0 Å². The first-order valence-corrected chi connectivity index (χ1v) is 11.2. The number of alkyl halides is 3. The minimum atomic E-state index is -4.96. The molecule has 3 N–H and O–H groups in total. The van der Waals surface area contributed by atoms with Gasteiger partial charge in [0, 0.05) is 5.92 Å². The zero-order valence-corrected chi connectivity index (χ0v) is 19.3. The van der Waals surface area contributed by atoms with Crippen LogP contribution in [0.25, 0.3) is 11.1 Å². The maximum atomic E-state index is 13.2. The molecule has 0 fully saturated rings. The van der Waals surface area contributed by atoms with Gasteiger partial charge in [0.1, 0.15) is 18.7 Å². The fourth-order valence-electron chi connectivity index (χ4n) is 4.15. The van der Waals surface area contributed by atoms with Gasteiger partial charge in [-0.3, -0.25) is 9.59 Å². The van der Waals surface area contributed by atoms with Crippen molar-refractivity contribution < 1.29 is 37.4 Å². The average molecular weight is 492 g/mol. The number of carboxylic acid groups (broad SMARTS) is 1. The lowest BCUT2D eigenvalue weighted by atomic mass is 9.97. The Morgan fingerprint density at radius 3 is 2.03 bits per heavy atom. The van der Waals surface area contributed by atoms with E-state index in [0.717, 1.165) is 22.3 Å². The van der Waals surface area contributed by atoms with E-state index < -0.39 is 48.6 Å². The molecule has 3 unspecified atom stereocenters. The third-order valence-corrected chi connectivity index (χ3v) is 6.20. The molecule has 2 aromatic rings. The first-order chi connectivity index (χ1) is 16.5. The quantitative estimate of drug-likeness (QED) is 0.479. The van der Waals surface area contributed by atoms with Gasteiger partial charge in [-0.25, -0.2) is 4.79 Å². The molecule has 0 spiro atoms. The summed E-state index contributed by atoms with van der Waals surface area (Å²) < 4.78 is 45.0. The van der Waals surface area contributed by atoms with Gasteiger partial charge in [0.2, 0.25) is 5.91 Å². The van der Waals surface area contributed by atoms with E-state index in [1.165, 1.54) is 0 Å². The smallest absolute Gasteiger partial charge is 0.409 e. The molecule has 1 aliphatic rings. The number of ether oxygens (including phenoxy) is 1. The molecule has 3 atom stereocenters. The van der Waals surface area contributed by atoms with Gasteiger partial charge in [0.15, 0.2) is 0 Å². The molecule has 35 heavy (non-hydrogen) atoms. The van der Waals surface area contributed by atoms with E-state index in [2.05, 4.69) is 5.32 Å². The van der Waals surface area contributed by atoms with Gasteiger partial charge in [0.25, 0.3) is 0 Å². The second-order valence-corrected chi connectivity index (χ2v) is 8.53. The van der Waals surface area contributed by atoms with Crippen LogP contribution in [0.15, 0.2) is 48.5 Å². The van der Waals surface area contributed by atoms with Gasteiger partial charge in [-0.15, -0.1) is 0 Å². The minimum absolute atomic E-state index is 0.0289. The van der Waals surface area contributed by atoms with Crippen molar-refractivity contribution in [2.24, 2.45) is 5.92 Å². The molecule has 2 aromatic carbocycles. The number of hydrogen-bond acceptors (Lipinski definition) is 4. The Morgan fingerprint density at radius 1 is 1.00 bits per heavy atom. The number of amides is 2. The fourth-order valence-corrected chi connectivity index (χ4v) is 4.15. The Kier molecular flexibility index (Phi) is 8.03. The predicted molar refractivity (Wildman–Crippen MR) is 122 cm³/mol. The van der Waals surface area contributed by atoms with Crippen LogP contribution in [0, 0.1) is 5.92 Å². The number of carbonyl (C=O) groups is 3. The van der Waals surface area contributed by atoms with Crippen molar-refractivity contribution in [2.45, 2.75) is 50.9 Å². The van der Waals surface area contributed by atoms with Crippen LogP contribution in [0.4, 0.5) is 18.0 Å². The fraction of sp³-hybridized carbons (Fsp3) is 0.400. The Balaban J connectivity index is 1.69. The van der Waals surface area contributed by atoms with E-state index in [9.17, 15) is 27.6 Å². The Labute approximate surface area is 200 Å². The lowest BCUT2D eigenvalue weighted by Gasteiger charge is -2.27. The average Bonchev–Trinajstić information content (AvgIpc) is 3.13. The molecule has 7 nitrogen and oxygen atoms in total. The summed E-state index contributed by atoms with van der Waals surface area (Å²) in [6, 6.07) is 11.5. The number of hydrogen-bond donors (Lipinski definition) is 3. The first kappa shape index (κ1) is 26.1. The number of carboxylic acids is 1. The van der Waals surface area contributed by atoms with Crippen molar-refractivity contribution >= 4 is 18.0 Å². The van der Waals surface area contributed by atoms with Crippen molar-refractivity contribution in [3.05, 3.63) is 59.7 Å². The molecule has 0 heterocycles. The summed E-state index contributed by atoms with van der Waals surface area (Å²) >= 11 is 0. The molecule has 0 saturated heterocycles. The maximum absolute atomic E-state index is 13.2. The van der Waals surface area contributed by atoms with E-state index in [0.29, 0.717) is 6.42 Å². The van der Waals surface area contributed by atoms with Gasteiger partial charge in [-0.1, -0.05) is 68.8 Å². The molecule has 0 aromatic heterocycles. The zero-order valence-electron chi connectivity index (χ0n) is 19.3. The third-order valence-electron chi connectivity index (χ3n) is 6.20. The first-order valence-electron chi connectivity index (χ1n) is 11.2. The monoisotopic (exact) mass is 492 g/mol. The van der Waals surface area contributed by atoms with Crippen molar-refractivity contribution in [1.29, 1.82) is 0 Å². The van der Waals surface area contributed by atoms with Crippen molar-refractivity contribution in [3.63, 3.8) is 0 Å². The van der Waals surface area contributed by atoms with Crippen LogP contribution in [-0.2, 0) is 14.3 Å². The summed E-state index contributed by atoms with van der Waals surface area (Å²) in [4.78, 5) is 36.0. The Morgan fingerprint density at radius 2 is 1.54 bits per heavy atom. The number of fused-ring (bicyclic) bond motifs is 3. The maximum Gasteiger partial charge on any atom is 0.409 e. The van der Waals surface area contributed by atoms with Gasteiger partial charge < -0.3 is 20.5 Å². The van der Waals surface area contributed by atoms with Crippen molar-refractivity contribution in [2.75, 3.05) is 6.61 Å². The molecule has 1 aliphatic carbocycles. The van der Waals surface area contributed by atoms with E-state index in [4.69, 9.17) is 9.84 Å². The van der Waals surface area contributed by atoms with Crippen LogP contribution in [0.5, 0.6) is 0 Å². The number of benzene rings is 2. The standard InChI is InChI=1S/C25H27F3N2O5/c1-3-14(2)22(23(33)29-20(12-21(31)32)25(26,27)28)30-24(34)35-13-19-17-10-6-4-8-15(17)16-9-5-7-11-18(16)19/h4-11,14,19-20,22H,3,12-13H2,1-2H3,(H,29,33)(H,30,34)(H,31,32). The normalized spacial score (nSPS) is 15.3. The molecule has 0 radical (unpaired) electrons. The summed E-state index contributed by atoms with van der Waals surface area (Å²) in [5, 5.41) is 12.9. The van der Waals surface area contributed by atoms with Crippen LogP contribution >= 0.6 is 0 Å². The molecule has 0 bridgehead atoms. The molecule has 0 aliphatic heterocycles. The van der Waals surface area contributed by atoms with E-state index in [1.54, 1.807) is 19.2 Å². The third kappa shape index (κ3) is 6.12. The summed E-state index contributed by atoms with van der Waals surface area (Å²) in [7, 11) is 0. The van der Waals surface area contributed by atoms with Crippen LogP contribution in [0.3, 0.4) is 0 Å². The minimum Gasteiger partial charge on any atom is -0.481 e. The summed E-state index contributed by atoms with van der Waals surface area (Å²) in [6.45, 7) is 3.27. The second kappa shape index (κ2) is 10.8. The number of aliphatic carboxylic acids is 1. The van der Waals surface area contributed by atoms with Crippen LogP contribution in [-0.4, -0.2) is 47.9 Å². The van der Waals surface area contributed by atoms with Gasteiger partial charge in [-0.05, 0) is 28.2 Å². The number of nitrogens with one attached hydrogen (secondary N) is 2. The molecule has 2 amide bonds. The molecular weight excluding hydrogens is 465 g/mol. The molecule has 188 valence electrons. The predicted octanol–water partition coefficient (Wildman–Crippen LogP) is 4.46. The summed E-state index contributed by atoms with van der Waals surface area (Å²) in [5.41, 5.74) is 4.04. The topological polar surface area (TPSA) is 105 Å². The highest BCUT2D eigenvalue weighted by molar-refractivity contribution is 5.86. The molecule has 3 rings (SSSR count). The Hall–Kier alpha value is -3.56. The molecular formula is C25H27F3N2O5. The van der Waals surface area contributed by atoms with Crippen LogP contribution < -0.4 is 10.6 Å². The summed E-state index contributed by atoms with van der Waals surface area (Å²) in [6.07, 6.45) is -6.86. The lowest BCUT2D eigenvalue weighted by molar-refractivity contribution is -0.170. The zero-order chi connectivity index (χ0) is 25.8. The molecule has 10 heteroatoms. The second-order valence-electron chi connectivity index (χ2n) is 8.53. The SMILES string of the molecule is CCC(C)C(NC(=O)OCC1c2ccccc2-c2ccccc21)C(=O)NC(CC(=O)O)C(F)(F)F. The lowest BCUT2D eigenvalue weighted by Crippen LogP contribution is -2.56. The number of halogens is 3. The number of carbonyl (C=O) groups excluding carboxylic acids is 2. The van der Waals surface area contributed by atoms with Crippen LogP contribution in [0.1, 0.15) is 43.7 Å². The summed E-state index contributed by atoms with van der Waals surface area (Å²) in [5.74, 6) is -3.60. The highest BCUT2D eigenvalue weighted by atomic mass is 19.4. The van der Waals surface area contributed by atoms with E-state index in [-0.39, 0.29) is 12.5 Å². The Bertz CT molecular complexity index is 1040. The van der Waals surface area contributed by atoms with Gasteiger partial charge >= 0.3 is 18.2 Å². The van der Waals surface area contributed by atoms with Crippen molar-refractivity contribution in [1.82, 2.24) is 10.6 Å². The number of alkyl carbamates (subject to hydrolysis) is 1. The molecule has 0 saturated carbocycles. The largest absolute Gasteiger partial charge is 0.481 e. The van der Waals surface area contributed by atoms with Gasteiger partial charge in [0.05, 0.1) is 6.42 Å². The van der Waals surface area contributed by atoms with E-state index >= 15 is 0 Å². The van der Waals surface area contributed by atoms with E-state index in [1.807, 2.05) is 48.5 Å². The highest BCUT2D eigenvalue weighted by Gasteiger charge is 2.43. The highest BCUT2D eigenvalue weighted by Crippen LogP contribution is 2.44. The van der Waals surface area contributed by atoms with Gasteiger partial charge in [-0.2, -0.15) is 13.2 Å².